The minimum Gasteiger partial charge on any atom is -0.344 e. The van der Waals surface area contributed by atoms with Crippen molar-refractivity contribution in [3.05, 3.63) is 41.1 Å². The van der Waals surface area contributed by atoms with Crippen molar-refractivity contribution in [1.82, 2.24) is 5.32 Å². The molecule has 2 aromatic rings. The van der Waals surface area contributed by atoms with Gasteiger partial charge in [-0.15, -0.1) is 0 Å². The zero-order valence-electron chi connectivity index (χ0n) is 10.8. The standard InChI is InChI=1S/C15H14N2O2S/c18-14-5-4-13(17-14)15(19)16-12-3-1-2-10(8-12)11-6-7-20-9-11/h1-3,6-9,13H,4-5H2,(H,16,19)(H,17,18)/t13-/m1/s1. The molecule has 4 nitrogen and oxygen atoms in total. The van der Waals surface area contributed by atoms with Crippen LogP contribution in [0.5, 0.6) is 0 Å². The van der Waals surface area contributed by atoms with E-state index in [1.165, 1.54) is 0 Å². The molecular formula is C15H14N2O2S. The first-order valence-electron chi connectivity index (χ1n) is 6.45. The monoisotopic (exact) mass is 286 g/mol. The van der Waals surface area contributed by atoms with Crippen molar-refractivity contribution in [2.24, 2.45) is 0 Å². The molecule has 1 aliphatic heterocycles. The molecule has 1 fully saturated rings. The molecule has 1 aromatic heterocycles. The van der Waals surface area contributed by atoms with Crippen LogP contribution in [0.4, 0.5) is 5.69 Å². The predicted octanol–water partition coefficient (Wildman–Crippen LogP) is 2.63. The summed E-state index contributed by atoms with van der Waals surface area (Å²) >= 11 is 1.64. The fourth-order valence-corrected chi connectivity index (χ4v) is 2.91. The summed E-state index contributed by atoms with van der Waals surface area (Å²) in [5.41, 5.74) is 2.96. The van der Waals surface area contributed by atoms with Crippen molar-refractivity contribution in [3.63, 3.8) is 0 Å². The van der Waals surface area contributed by atoms with Crippen molar-refractivity contribution in [3.8, 4) is 11.1 Å². The molecule has 0 spiro atoms. The Morgan fingerprint density at radius 3 is 2.90 bits per heavy atom. The predicted molar refractivity (Wildman–Crippen MR) is 79.5 cm³/mol. The Hall–Kier alpha value is -2.14. The molecule has 20 heavy (non-hydrogen) atoms. The Labute approximate surface area is 120 Å². The maximum absolute atomic E-state index is 12.0. The highest BCUT2D eigenvalue weighted by Crippen LogP contribution is 2.25. The van der Waals surface area contributed by atoms with E-state index in [0.717, 1.165) is 16.8 Å². The third-order valence-electron chi connectivity index (χ3n) is 3.30. The number of nitrogens with one attached hydrogen (secondary N) is 2. The average molecular weight is 286 g/mol. The van der Waals surface area contributed by atoms with E-state index >= 15 is 0 Å². The molecule has 5 heteroatoms. The Balaban J connectivity index is 1.73. The van der Waals surface area contributed by atoms with Gasteiger partial charge in [-0.1, -0.05) is 12.1 Å². The first-order chi connectivity index (χ1) is 9.72. The number of hydrogen-bond acceptors (Lipinski definition) is 3. The third-order valence-corrected chi connectivity index (χ3v) is 3.98. The molecule has 1 saturated heterocycles. The number of rotatable bonds is 3. The Kier molecular flexibility index (Phi) is 3.52. The largest absolute Gasteiger partial charge is 0.344 e. The van der Waals surface area contributed by atoms with E-state index in [4.69, 9.17) is 0 Å². The summed E-state index contributed by atoms with van der Waals surface area (Å²) in [6, 6.07) is 9.35. The van der Waals surface area contributed by atoms with Crippen LogP contribution in [0.3, 0.4) is 0 Å². The lowest BCUT2D eigenvalue weighted by molar-refractivity contribution is -0.122. The van der Waals surface area contributed by atoms with Crippen LogP contribution >= 0.6 is 11.3 Å². The van der Waals surface area contributed by atoms with Crippen molar-refractivity contribution in [2.45, 2.75) is 18.9 Å². The van der Waals surface area contributed by atoms with Crippen LogP contribution in [0.25, 0.3) is 11.1 Å². The quantitative estimate of drug-likeness (QED) is 0.911. The molecule has 1 aromatic carbocycles. The second-order valence-corrected chi connectivity index (χ2v) is 5.52. The van der Waals surface area contributed by atoms with Crippen molar-refractivity contribution >= 4 is 28.8 Å². The lowest BCUT2D eigenvalue weighted by atomic mass is 10.1. The first-order valence-corrected chi connectivity index (χ1v) is 7.39. The zero-order valence-corrected chi connectivity index (χ0v) is 11.6. The van der Waals surface area contributed by atoms with Crippen molar-refractivity contribution in [2.75, 3.05) is 5.32 Å². The third kappa shape index (κ3) is 2.72. The SMILES string of the molecule is O=C1CC[C@H](C(=O)Nc2cccc(-c3ccsc3)c2)N1. The lowest BCUT2D eigenvalue weighted by Crippen LogP contribution is -2.37. The highest BCUT2D eigenvalue weighted by Gasteiger charge is 2.27. The van der Waals surface area contributed by atoms with Crippen LogP contribution in [-0.4, -0.2) is 17.9 Å². The molecule has 2 heterocycles. The lowest BCUT2D eigenvalue weighted by Gasteiger charge is -2.11. The van der Waals surface area contributed by atoms with Gasteiger partial charge in [-0.3, -0.25) is 9.59 Å². The van der Waals surface area contributed by atoms with E-state index in [-0.39, 0.29) is 11.8 Å². The molecule has 2 N–H and O–H groups in total. The van der Waals surface area contributed by atoms with Gasteiger partial charge in [0, 0.05) is 12.1 Å². The number of benzene rings is 1. The Bertz CT molecular complexity index is 637. The van der Waals surface area contributed by atoms with Gasteiger partial charge in [-0.05, 0) is 46.5 Å². The van der Waals surface area contributed by atoms with E-state index in [1.807, 2.05) is 35.7 Å². The molecule has 0 saturated carbocycles. The molecule has 0 radical (unpaired) electrons. The van der Waals surface area contributed by atoms with E-state index in [0.29, 0.717) is 12.8 Å². The van der Waals surface area contributed by atoms with Gasteiger partial charge in [0.15, 0.2) is 0 Å². The van der Waals surface area contributed by atoms with Gasteiger partial charge in [0.05, 0.1) is 0 Å². The topological polar surface area (TPSA) is 58.2 Å². The molecular weight excluding hydrogens is 272 g/mol. The van der Waals surface area contributed by atoms with Crippen LogP contribution in [0.15, 0.2) is 41.1 Å². The summed E-state index contributed by atoms with van der Waals surface area (Å²) in [6.07, 6.45) is 0.988. The molecule has 2 amide bonds. The maximum Gasteiger partial charge on any atom is 0.246 e. The van der Waals surface area contributed by atoms with Crippen LogP contribution in [0.2, 0.25) is 0 Å². The van der Waals surface area contributed by atoms with Gasteiger partial charge in [0.25, 0.3) is 0 Å². The highest BCUT2D eigenvalue weighted by molar-refractivity contribution is 7.08. The molecule has 0 bridgehead atoms. The normalized spacial score (nSPS) is 17.8. The summed E-state index contributed by atoms with van der Waals surface area (Å²) in [6.45, 7) is 0. The van der Waals surface area contributed by atoms with E-state index < -0.39 is 6.04 Å². The number of carbonyl (C=O) groups is 2. The maximum atomic E-state index is 12.0. The van der Waals surface area contributed by atoms with Crippen LogP contribution in [-0.2, 0) is 9.59 Å². The average Bonchev–Trinajstić information content (AvgIpc) is 3.10. The van der Waals surface area contributed by atoms with Crippen LogP contribution < -0.4 is 10.6 Å². The number of thiophene rings is 1. The minimum absolute atomic E-state index is 0.0582. The van der Waals surface area contributed by atoms with Gasteiger partial charge in [-0.2, -0.15) is 11.3 Å². The van der Waals surface area contributed by atoms with Crippen molar-refractivity contribution in [1.29, 1.82) is 0 Å². The van der Waals surface area contributed by atoms with Crippen LogP contribution in [0.1, 0.15) is 12.8 Å². The molecule has 1 atom stereocenters. The Morgan fingerprint density at radius 2 is 2.20 bits per heavy atom. The smallest absolute Gasteiger partial charge is 0.246 e. The minimum atomic E-state index is -0.410. The van der Waals surface area contributed by atoms with Gasteiger partial charge in [0.2, 0.25) is 11.8 Å². The van der Waals surface area contributed by atoms with E-state index in [2.05, 4.69) is 16.0 Å². The number of amides is 2. The van der Waals surface area contributed by atoms with Crippen molar-refractivity contribution < 1.29 is 9.59 Å². The highest BCUT2D eigenvalue weighted by atomic mass is 32.1. The van der Waals surface area contributed by atoms with Gasteiger partial charge < -0.3 is 10.6 Å². The van der Waals surface area contributed by atoms with Gasteiger partial charge >= 0.3 is 0 Å². The van der Waals surface area contributed by atoms with Gasteiger partial charge in [-0.25, -0.2) is 0 Å². The second-order valence-electron chi connectivity index (χ2n) is 4.74. The Morgan fingerprint density at radius 1 is 1.30 bits per heavy atom. The number of carbonyl (C=O) groups excluding carboxylic acids is 2. The van der Waals surface area contributed by atoms with Gasteiger partial charge in [0.1, 0.15) is 6.04 Å². The fraction of sp³-hybridized carbons (Fsp3) is 0.200. The summed E-state index contributed by atoms with van der Waals surface area (Å²) < 4.78 is 0. The summed E-state index contributed by atoms with van der Waals surface area (Å²) in [7, 11) is 0. The molecule has 102 valence electrons. The first kappa shape index (κ1) is 12.9. The molecule has 1 aliphatic rings. The van der Waals surface area contributed by atoms with Crippen LogP contribution in [0, 0.1) is 0 Å². The summed E-state index contributed by atoms with van der Waals surface area (Å²) in [4.78, 5) is 23.2. The molecule has 0 aliphatic carbocycles. The zero-order chi connectivity index (χ0) is 13.9. The second kappa shape index (κ2) is 5.46. The van der Waals surface area contributed by atoms with E-state index in [9.17, 15) is 9.59 Å². The molecule has 0 unspecified atom stereocenters. The molecule has 3 rings (SSSR count). The summed E-state index contributed by atoms with van der Waals surface area (Å²) in [5, 5.41) is 9.61. The number of hydrogen-bond donors (Lipinski definition) is 2. The van der Waals surface area contributed by atoms with E-state index in [1.54, 1.807) is 11.3 Å². The fourth-order valence-electron chi connectivity index (χ4n) is 2.25. The number of anilines is 1. The summed E-state index contributed by atoms with van der Waals surface area (Å²) in [5.74, 6) is -0.213.